The van der Waals surface area contributed by atoms with E-state index in [9.17, 15) is 4.79 Å². The first-order valence-corrected chi connectivity index (χ1v) is 6.08. The van der Waals surface area contributed by atoms with Crippen molar-refractivity contribution in [1.29, 1.82) is 0 Å². The molecular formula is C13H19N3O. The minimum absolute atomic E-state index is 0.0208. The number of hydrogen-bond acceptors (Lipinski definition) is 2. The maximum absolute atomic E-state index is 12.0. The standard InChI is InChI=1S/C13H19N3O/c1-9-6-7-16(11(9)3)13(17)15-12-5-4-10(2)14-8-12/h4-5,8-9,11H,6-7H2,1-3H3,(H,15,17). The second-order valence-electron chi connectivity index (χ2n) is 4.82. The third kappa shape index (κ3) is 2.57. The minimum atomic E-state index is -0.0208. The Balaban J connectivity index is 2.00. The van der Waals surface area contributed by atoms with Crippen LogP contribution in [0.2, 0.25) is 0 Å². The first kappa shape index (κ1) is 11.9. The summed E-state index contributed by atoms with van der Waals surface area (Å²) in [5, 5.41) is 2.89. The molecule has 1 N–H and O–H groups in total. The highest BCUT2D eigenvalue weighted by Crippen LogP contribution is 2.23. The molecule has 1 saturated heterocycles. The van der Waals surface area contributed by atoms with Gasteiger partial charge in [0.25, 0.3) is 0 Å². The van der Waals surface area contributed by atoms with E-state index < -0.39 is 0 Å². The molecular weight excluding hydrogens is 214 g/mol. The predicted molar refractivity (Wildman–Crippen MR) is 67.9 cm³/mol. The molecule has 1 aromatic rings. The van der Waals surface area contributed by atoms with Gasteiger partial charge in [-0.2, -0.15) is 0 Å². The highest BCUT2D eigenvalue weighted by atomic mass is 16.2. The summed E-state index contributed by atoms with van der Waals surface area (Å²) in [7, 11) is 0. The third-order valence-electron chi connectivity index (χ3n) is 3.56. The Hall–Kier alpha value is -1.58. The van der Waals surface area contributed by atoms with Crippen molar-refractivity contribution in [1.82, 2.24) is 9.88 Å². The number of carbonyl (C=O) groups is 1. The van der Waals surface area contributed by atoms with Crippen molar-refractivity contribution in [3.63, 3.8) is 0 Å². The van der Waals surface area contributed by atoms with Crippen LogP contribution in [0.4, 0.5) is 10.5 Å². The Morgan fingerprint density at radius 1 is 1.47 bits per heavy atom. The van der Waals surface area contributed by atoms with E-state index in [-0.39, 0.29) is 6.03 Å². The van der Waals surface area contributed by atoms with E-state index in [0.29, 0.717) is 12.0 Å². The largest absolute Gasteiger partial charge is 0.322 e. The van der Waals surface area contributed by atoms with Crippen LogP contribution >= 0.6 is 0 Å². The highest BCUT2D eigenvalue weighted by molar-refractivity contribution is 5.89. The lowest BCUT2D eigenvalue weighted by molar-refractivity contribution is 0.205. The van der Waals surface area contributed by atoms with Crippen LogP contribution in [0, 0.1) is 12.8 Å². The molecule has 0 spiro atoms. The van der Waals surface area contributed by atoms with Crippen molar-refractivity contribution < 1.29 is 4.79 Å². The lowest BCUT2D eigenvalue weighted by atomic mass is 10.1. The van der Waals surface area contributed by atoms with Crippen molar-refractivity contribution >= 4 is 11.7 Å². The number of aromatic nitrogens is 1. The van der Waals surface area contributed by atoms with Gasteiger partial charge in [-0.05, 0) is 38.3 Å². The number of amides is 2. The van der Waals surface area contributed by atoms with Crippen LogP contribution in [-0.4, -0.2) is 28.5 Å². The zero-order valence-corrected chi connectivity index (χ0v) is 10.6. The molecule has 2 heterocycles. The number of aryl methyl sites for hydroxylation is 1. The van der Waals surface area contributed by atoms with Crippen LogP contribution < -0.4 is 5.32 Å². The van der Waals surface area contributed by atoms with Crippen LogP contribution in [0.5, 0.6) is 0 Å². The number of carbonyl (C=O) groups excluding carboxylic acids is 1. The number of rotatable bonds is 1. The van der Waals surface area contributed by atoms with E-state index >= 15 is 0 Å². The summed E-state index contributed by atoms with van der Waals surface area (Å²) in [5.74, 6) is 0.580. The smallest absolute Gasteiger partial charge is 0.322 e. The van der Waals surface area contributed by atoms with Gasteiger partial charge >= 0.3 is 6.03 Å². The predicted octanol–water partition coefficient (Wildman–Crippen LogP) is 2.65. The molecule has 92 valence electrons. The second kappa shape index (κ2) is 4.73. The van der Waals surface area contributed by atoms with E-state index in [0.717, 1.165) is 24.3 Å². The lowest BCUT2D eigenvalue weighted by Crippen LogP contribution is -2.38. The zero-order chi connectivity index (χ0) is 12.4. The molecule has 2 atom stereocenters. The molecule has 0 aliphatic carbocycles. The maximum Gasteiger partial charge on any atom is 0.322 e. The van der Waals surface area contributed by atoms with Gasteiger partial charge in [0.1, 0.15) is 0 Å². The van der Waals surface area contributed by atoms with Crippen LogP contribution in [-0.2, 0) is 0 Å². The number of pyridine rings is 1. The molecule has 1 fully saturated rings. The van der Waals surface area contributed by atoms with Gasteiger partial charge in [0.05, 0.1) is 11.9 Å². The number of urea groups is 1. The van der Waals surface area contributed by atoms with Crippen molar-refractivity contribution in [2.24, 2.45) is 5.92 Å². The molecule has 2 unspecified atom stereocenters. The molecule has 1 aliphatic rings. The van der Waals surface area contributed by atoms with Gasteiger partial charge in [0, 0.05) is 18.3 Å². The first-order valence-electron chi connectivity index (χ1n) is 6.08. The molecule has 2 rings (SSSR count). The number of nitrogens with one attached hydrogen (secondary N) is 1. The van der Waals surface area contributed by atoms with Crippen LogP contribution in [0.15, 0.2) is 18.3 Å². The summed E-state index contributed by atoms with van der Waals surface area (Å²) in [6.45, 7) is 7.05. The molecule has 0 aromatic carbocycles. The third-order valence-corrected chi connectivity index (χ3v) is 3.56. The van der Waals surface area contributed by atoms with Gasteiger partial charge in [0.15, 0.2) is 0 Å². The first-order chi connectivity index (χ1) is 8.08. The van der Waals surface area contributed by atoms with Gasteiger partial charge in [-0.3, -0.25) is 4.98 Å². The number of anilines is 1. The van der Waals surface area contributed by atoms with Crippen molar-refractivity contribution in [3.05, 3.63) is 24.0 Å². The summed E-state index contributed by atoms with van der Waals surface area (Å²) in [5.41, 5.74) is 1.71. The molecule has 1 aromatic heterocycles. The Bertz CT molecular complexity index is 402. The van der Waals surface area contributed by atoms with Crippen molar-refractivity contribution in [2.45, 2.75) is 33.2 Å². The van der Waals surface area contributed by atoms with Crippen LogP contribution in [0.1, 0.15) is 26.0 Å². The summed E-state index contributed by atoms with van der Waals surface area (Å²) in [6.07, 6.45) is 2.78. The number of nitrogens with zero attached hydrogens (tertiary/aromatic N) is 2. The van der Waals surface area contributed by atoms with E-state index in [2.05, 4.69) is 24.1 Å². The van der Waals surface area contributed by atoms with E-state index in [1.807, 2.05) is 24.0 Å². The average Bonchev–Trinajstić information content (AvgIpc) is 2.63. The quantitative estimate of drug-likeness (QED) is 0.810. The Morgan fingerprint density at radius 2 is 2.24 bits per heavy atom. The molecule has 4 nitrogen and oxygen atoms in total. The summed E-state index contributed by atoms with van der Waals surface area (Å²) >= 11 is 0. The van der Waals surface area contributed by atoms with Gasteiger partial charge in [-0.15, -0.1) is 0 Å². The minimum Gasteiger partial charge on any atom is -0.322 e. The van der Waals surface area contributed by atoms with Gasteiger partial charge < -0.3 is 10.2 Å². The Labute approximate surface area is 102 Å². The second-order valence-corrected chi connectivity index (χ2v) is 4.82. The summed E-state index contributed by atoms with van der Waals surface area (Å²) < 4.78 is 0. The molecule has 4 heteroatoms. The van der Waals surface area contributed by atoms with Crippen LogP contribution in [0.25, 0.3) is 0 Å². The molecule has 0 saturated carbocycles. The monoisotopic (exact) mass is 233 g/mol. The van der Waals surface area contributed by atoms with Gasteiger partial charge in [-0.25, -0.2) is 4.79 Å². The molecule has 0 bridgehead atoms. The molecule has 2 amide bonds. The zero-order valence-electron chi connectivity index (χ0n) is 10.6. The SMILES string of the molecule is Cc1ccc(NC(=O)N2CCC(C)C2C)cn1. The van der Waals surface area contributed by atoms with Crippen molar-refractivity contribution in [3.8, 4) is 0 Å². The lowest BCUT2D eigenvalue weighted by Gasteiger charge is -2.23. The van der Waals surface area contributed by atoms with Gasteiger partial charge in [0.2, 0.25) is 0 Å². The maximum atomic E-state index is 12.0. The fourth-order valence-electron chi connectivity index (χ4n) is 2.12. The fourth-order valence-corrected chi connectivity index (χ4v) is 2.12. The summed E-state index contributed by atoms with van der Waals surface area (Å²) in [4.78, 5) is 18.1. The molecule has 17 heavy (non-hydrogen) atoms. The van der Waals surface area contributed by atoms with E-state index in [4.69, 9.17) is 0 Å². The average molecular weight is 233 g/mol. The fraction of sp³-hybridized carbons (Fsp3) is 0.538. The summed E-state index contributed by atoms with van der Waals surface area (Å²) in [6, 6.07) is 4.07. The van der Waals surface area contributed by atoms with E-state index in [1.165, 1.54) is 0 Å². The topological polar surface area (TPSA) is 45.2 Å². The number of hydrogen-bond donors (Lipinski definition) is 1. The normalized spacial score (nSPS) is 23.8. The highest BCUT2D eigenvalue weighted by Gasteiger charge is 2.30. The number of likely N-dealkylation sites (tertiary alicyclic amines) is 1. The Kier molecular flexibility index (Phi) is 3.31. The van der Waals surface area contributed by atoms with Gasteiger partial charge in [-0.1, -0.05) is 6.92 Å². The molecule has 1 aliphatic heterocycles. The van der Waals surface area contributed by atoms with E-state index in [1.54, 1.807) is 6.20 Å². The van der Waals surface area contributed by atoms with Crippen molar-refractivity contribution in [2.75, 3.05) is 11.9 Å². The van der Waals surface area contributed by atoms with Crippen LogP contribution in [0.3, 0.4) is 0 Å². The molecule has 0 radical (unpaired) electrons. The Morgan fingerprint density at radius 3 is 2.76 bits per heavy atom.